The molecule has 0 bridgehead atoms. The number of carbonyl (C=O) groups excluding carboxylic acids is 1. The van der Waals surface area contributed by atoms with E-state index in [4.69, 9.17) is 0 Å². The Morgan fingerprint density at radius 3 is 3.27 bits per heavy atom. The van der Waals surface area contributed by atoms with E-state index in [0.717, 1.165) is 25.2 Å². The van der Waals surface area contributed by atoms with Gasteiger partial charge in [-0.05, 0) is 0 Å². The van der Waals surface area contributed by atoms with Crippen LogP contribution in [-0.4, -0.2) is 27.6 Å². The van der Waals surface area contributed by atoms with Gasteiger partial charge in [-0.25, -0.2) is 0 Å². The highest BCUT2D eigenvalue weighted by molar-refractivity contribution is 5.69. The fourth-order valence-electron chi connectivity index (χ4n) is 1.20. The molecule has 0 aliphatic carbocycles. The topological polar surface area (TPSA) is 59.8 Å². The van der Waals surface area contributed by atoms with Gasteiger partial charge < -0.3 is 9.88 Å². The van der Waals surface area contributed by atoms with E-state index in [1.54, 1.807) is 0 Å². The van der Waals surface area contributed by atoms with Crippen LogP contribution in [0.3, 0.4) is 0 Å². The number of rotatable bonds is 1. The van der Waals surface area contributed by atoms with Gasteiger partial charge in [0.15, 0.2) is 12.1 Å². The molecule has 58 valence electrons. The maximum absolute atomic E-state index is 10.4. The zero-order valence-corrected chi connectivity index (χ0v) is 5.95. The first-order valence-electron chi connectivity index (χ1n) is 3.50. The minimum atomic E-state index is 0.432. The van der Waals surface area contributed by atoms with Gasteiger partial charge in [-0.3, -0.25) is 4.79 Å². The summed E-state index contributed by atoms with van der Waals surface area (Å²) in [4.78, 5) is 10.4. The summed E-state index contributed by atoms with van der Waals surface area (Å²) >= 11 is 0. The smallest absolute Gasteiger partial charge is 0.196 e. The average Bonchev–Trinajstić information content (AvgIpc) is 2.47. The first-order chi connectivity index (χ1) is 5.42. The Kier molecular flexibility index (Phi) is 1.43. The summed E-state index contributed by atoms with van der Waals surface area (Å²) in [5.41, 5.74) is 0. The third-order valence-electron chi connectivity index (χ3n) is 1.76. The summed E-state index contributed by atoms with van der Waals surface area (Å²) in [6.45, 7) is 2.38. The molecule has 1 aliphatic rings. The molecule has 5 heteroatoms. The zero-order chi connectivity index (χ0) is 7.68. The van der Waals surface area contributed by atoms with Crippen molar-refractivity contribution < 1.29 is 4.79 Å². The molecule has 1 N–H and O–H groups in total. The van der Waals surface area contributed by atoms with Crippen LogP contribution < -0.4 is 5.32 Å². The van der Waals surface area contributed by atoms with Crippen LogP contribution >= 0.6 is 0 Å². The second-order valence-electron chi connectivity index (χ2n) is 2.42. The number of hydrogen-bond donors (Lipinski definition) is 1. The molecule has 2 heterocycles. The van der Waals surface area contributed by atoms with Gasteiger partial charge in [0.1, 0.15) is 5.82 Å². The number of fused-ring (bicyclic) bond motifs is 1. The van der Waals surface area contributed by atoms with Crippen LogP contribution in [0.2, 0.25) is 0 Å². The maximum Gasteiger partial charge on any atom is 0.196 e. The molecule has 0 saturated carbocycles. The lowest BCUT2D eigenvalue weighted by Gasteiger charge is -2.13. The summed E-state index contributed by atoms with van der Waals surface area (Å²) in [6, 6.07) is 0. The van der Waals surface area contributed by atoms with Crippen molar-refractivity contribution in [3.63, 3.8) is 0 Å². The second kappa shape index (κ2) is 2.43. The molecule has 0 amide bonds. The summed E-state index contributed by atoms with van der Waals surface area (Å²) in [5, 5.41) is 10.7. The highest BCUT2D eigenvalue weighted by Crippen LogP contribution is 2.02. The van der Waals surface area contributed by atoms with Crippen LogP contribution in [0.25, 0.3) is 0 Å². The average molecular weight is 152 g/mol. The zero-order valence-electron chi connectivity index (χ0n) is 5.95. The van der Waals surface area contributed by atoms with E-state index in [-0.39, 0.29) is 0 Å². The van der Waals surface area contributed by atoms with Crippen molar-refractivity contribution in [2.75, 3.05) is 6.54 Å². The molecular weight excluding hydrogens is 144 g/mol. The van der Waals surface area contributed by atoms with E-state index < -0.39 is 0 Å². The van der Waals surface area contributed by atoms with Crippen LogP contribution in [0.5, 0.6) is 0 Å². The van der Waals surface area contributed by atoms with E-state index >= 15 is 0 Å². The molecule has 0 aromatic carbocycles. The van der Waals surface area contributed by atoms with Crippen molar-refractivity contribution in [3.8, 4) is 0 Å². The van der Waals surface area contributed by atoms with Crippen molar-refractivity contribution >= 4 is 6.29 Å². The molecule has 0 atom stereocenters. The van der Waals surface area contributed by atoms with Crippen LogP contribution in [-0.2, 0) is 13.1 Å². The Morgan fingerprint density at radius 2 is 2.45 bits per heavy atom. The summed E-state index contributed by atoms with van der Waals surface area (Å²) in [6.07, 6.45) is 0.738. The first kappa shape index (κ1) is 6.48. The van der Waals surface area contributed by atoms with Crippen LogP contribution in [0.4, 0.5) is 0 Å². The van der Waals surface area contributed by atoms with Crippen molar-refractivity contribution in [2.24, 2.45) is 0 Å². The minimum Gasteiger partial charge on any atom is -0.308 e. The van der Waals surface area contributed by atoms with E-state index in [1.807, 2.05) is 4.57 Å². The second-order valence-corrected chi connectivity index (χ2v) is 2.42. The lowest BCUT2D eigenvalue weighted by Crippen LogP contribution is -2.29. The Bertz CT molecular complexity index is 280. The fraction of sp³-hybridized carbons (Fsp3) is 0.500. The Balaban J connectivity index is 2.45. The normalized spacial score (nSPS) is 16.0. The number of carbonyl (C=O) groups is 1. The molecule has 0 fully saturated rings. The monoisotopic (exact) mass is 152 g/mol. The molecule has 1 aromatic rings. The van der Waals surface area contributed by atoms with Crippen LogP contribution in [0.15, 0.2) is 0 Å². The van der Waals surface area contributed by atoms with Crippen LogP contribution in [0.1, 0.15) is 16.4 Å². The molecule has 0 spiro atoms. The van der Waals surface area contributed by atoms with Crippen molar-refractivity contribution in [1.82, 2.24) is 20.1 Å². The number of aldehydes is 1. The lowest BCUT2D eigenvalue weighted by atomic mass is 10.4. The number of aromatic nitrogens is 3. The van der Waals surface area contributed by atoms with E-state index in [1.165, 1.54) is 0 Å². The molecular formula is C6H8N4O. The molecule has 2 rings (SSSR count). The molecule has 0 radical (unpaired) electrons. The summed E-state index contributed by atoms with van der Waals surface area (Å²) < 4.78 is 1.84. The number of nitrogens with zero attached hydrogens (tertiary/aromatic N) is 3. The van der Waals surface area contributed by atoms with Crippen LogP contribution in [0, 0.1) is 0 Å². The van der Waals surface area contributed by atoms with Gasteiger partial charge in [0.2, 0.25) is 0 Å². The van der Waals surface area contributed by atoms with E-state index in [9.17, 15) is 4.79 Å². The SMILES string of the molecule is O=Cc1nnc2n1CCNC2. The van der Waals surface area contributed by atoms with Crippen molar-refractivity contribution in [2.45, 2.75) is 13.1 Å². The first-order valence-corrected chi connectivity index (χ1v) is 3.50. The standard InChI is InChI=1S/C6H8N4O/c11-4-6-9-8-5-3-7-1-2-10(5)6/h4,7H,1-3H2. The Morgan fingerprint density at radius 1 is 1.55 bits per heavy atom. The number of nitrogens with one attached hydrogen (secondary N) is 1. The minimum absolute atomic E-state index is 0.432. The van der Waals surface area contributed by atoms with E-state index in [0.29, 0.717) is 12.4 Å². The van der Waals surface area contributed by atoms with Gasteiger partial charge in [0, 0.05) is 13.1 Å². The van der Waals surface area contributed by atoms with Gasteiger partial charge in [-0.2, -0.15) is 0 Å². The molecule has 1 aliphatic heterocycles. The van der Waals surface area contributed by atoms with Gasteiger partial charge >= 0.3 is 0 Å². The van der Waals surface area contributed by atoms with Gasteiger partial charge in [-0.15, -0.1) is 10.2 Å². The third kappa shape index (κ3) is 0.932. The molecule has 0 saturated heterocycles. The van der Waals surface area contributed by atoms with Gasteiger partial charge in [0.25, 0.3) is 0 Å². The fourth-order valence-corrected chi connectivity index (χ4v) is 1.20. The Labute approximate surface area is 63.4 Å². The van der Waals surface area contributed by atoms with Gasteiger partial charge in [-0.1, -0.05) is 0 Å². The predicted octanol–water partition coefficient (Wildman–Crippen LogP) is -0.806. The third-order valence-corrected chi connectivity index (χ3v) is 1.76. The molecule has 5 nitrogen and oxygen atoms in total. The summed E-state index contributed by atoms with van der Waals surface area (Å²) in [7, 11) is 0. The lowest BCUT2D eigenvalue weighted by molar-refractivity contribution is 0.111. The van der Waals surface area contributed by atoms with E-state index in [2.05, 4.69) is 15.5 Å². The van der Waals surface area contributed by atoms with Gasteiger partial charge in [0.05, 0.1) is 6.54 Å². The highest BCUT2D eigenvalue weighted by Gasteiger charge is 2.13. The molecule has 11 heavy (non-hydrogen) atoms. The highest BCUT2D eigenvalue weighted by atomic mass is 16.1. The number of hydrogen-bond acceptors (Lipinski definition) is 4. The maximum atomic E-state index is 10.4. The quantitative estimate of drug-likeness (QED) is 0.535. The molecule has 0 unspecified atom stereocenters. The van der Waals surface area contributed by atoms with Crippen molar-refractivity contribution in [3.05, 3.63) is 11.6 Å². The molecule has 1 aromatic heterocycles. The Hall–Kier alpha value is -1.23. The largest absolute Gasteiger partial charge is 0.308 e. The predicted molar refractivity (Wildman–Crippen MR) is 37.1 cm³/mol. The van der Waals surface area contributed by atoms with Crippen molar-refractivity contribution in [1.29, 1.82) is 0 Å². The summed E-state index contributed by atoms with van der Waals surface area (Å²) in [5.74, 6) is 1.28.